The van der Waals surface area contributed by atoms with E-state index in [4.69, 9.17) is 22.6 Å². The van der Waals surface area contributed by atoms with E-state index in [2.05, 4.69) is 0 Å². The van der Waals surface area contributed by atoms with Gasteiger partial charge >= 0.3 is 16.2 Å². The largest absolute Gasteiger partial charge is 0.358 e. The quantitative estimate of drug-likeness (QED) is 0.642. The van der Waals surface area contributed by atoms with E-state index in [1.54, 1.807) is 6.92 Å². The van der Waals surface area contributed by atoms with Gasteiger partial charge in [0, 0.05) is 28.4 Å². The summed E-state index contributed by atoms with van der Waals surface area (Å²) in [6.07, 6.45) is 0. The van der Waals surface area contributed by atoms with Crippen molar-refractivity contribution >= 4 is 16.2 Å². The Morgan fingerprint density at radius 2 is 1.50 bits per heavy atom. The van der Waals surface area contributed by atoms with E-state index < -0.39 is 22.0 Å². The highest BCUT2D eigenvalue weighted by molar-refractivity contribution is 7.55. The summed E-state index contributed by atoms with van der Waals surface area (Å²) in [6.45, 7) is 1.57. The van der Waals surface area contributed by atoms with E-state index in [1.165, 1.54) is 28.4 Å². The van der Waals surface area contributed by atoms with Gasteiger partial charge in [-0.3, -0.25) is 9.09 Å². The molecule has 0 aliphatic heterocycles. The molecule has 0 saturated carbocycles. The van der Waals surface area contributed by atoms with Gasteiger partial charge in [0.05, 0.1) is 0 Å². The molecular formula is C6H16O6P2. The van der Waals surface area contributed by atoms with Gasteiger partial charge in [-0.25, -0.2) is 0 Å². The fraction of sp³-hybridized carbons (Fsp3) is 1.00. The lowest BCUT2D eigenvalue weighted by Gasteiger charge is -2.23. The lowest BCUT2D eigenvalue weighted by molar-refractivity contribution is 0.160. The Morgan fingerprint density at radius 1 is 1.07 bits per heavy atom. The molecule has 0 rings (SSSR count). The second-order valence-electron chi connectivity index (χ2n) is 2.20. The Morgan fingerprint density at radius 3 is 1.79 bits per heavy atom. The molecule has 0 bridgehead atoms. The van der Waals surface area contributed by atoms with Crippen LogP contribution in [0.2, 0.25) is 0 Å². The van der Waals surface area contributed by atoms with Crippen molar-refractivity contribution in [3.05, 3.63) is 0 Å². The average Bonchev–Trinajstić information content (AvgIpc) is 2.24. The molecule has 0 saturated heterocycles. The Balaban J connectivity index is 4.30. The van der Waals surface area contributed by atoms with Crippen LogP contribution in [0.25, 0.3) is 0 Å². The monoisotopic (exact) mass is 246 g/mol. The fourth-order valence-electron chi connectivity index (χ4n) is 0.714. The maximum atomic E-state index is 11.7. The van der Waals surface area contributed by atoms with Gasteiger partial charge in [0.25, 0.3) is 0 Å². The van der Waals surface area contributed by atoms with Crippen molar-refractivity contribution in [2.75, 3.05) is 28.4 Å². The second kappa shape index (κ2) is 6.85. The van der Waals surface area contributed by atoms with Gasteiger partial charge in [-0.05, 0) is 6.92 Å². The topological polar surface area (TPSA) is 63.2 Å². The predicted molar refractivity (Wildman–Crippen MR) is 53.1 cm³/mol. The minimum atomic E-state index is -3.22. The highest BCUT2D eigenvalue weighted by Gasteiger charge is 2.33. The molecule has 0 aliphatic carbocycles. The predicted octanol–water partition coefficient (Wildman–Crippen LogP) is 2.35. The minimum absolute atomic E-state index is 0.733. The molecule has 6 nitrogen and oxygen atoms in total. The number of hydrogen-bond acceptors (Lipinski definition) is 6. The molecule has 0 aliphatic rings. The molecule has 8 heteroatoms. The molecule has 0 amide bonds. The summed E-state index contributed by atoms with van der Waals surface area (Å²) < 4.78 is 36.1. The van der Waals surface area contributed by atoms with Crippen molar-refractivity contribution in [1.29, 1.82) is 0 Å². The van der Waals surface area contributed by atoms with Crippen LogP contribution in [0.4, 0.5) is 0 Å². The van der Waals surface area contributed by atoms with Gasteiger partial charge in [0.2, 0.25) is 0 Å². The maximum absolute atomic E-state index is 11.7. The van der Waals surface area contributed by atoms with Crippen LogP contribution in [-0.2, 0) is 27.2 Å². The molecule has 86 valence electrons. The normalized spacial score (nSPS) is 14.7. The van der Waals surface area contributed by atoms with Gasteiger partial charge in [0.1, 0.15) is 0 Å². The van der Waals surface area contributed by atoms with Crippen LogP contribution in [0.15, 0.2) is 0 Å². The van der Waals surface area contributed by atoms with Gasteiger partial charge in [-0.15, -0.1) is 0 Å². The first-order valence-corrected chi connectivity index (χ1v) is 6.51. The van der Waals surface area contributed by atoms with Crippen LogP contribution >= 0.6 is 16.2 Å². The summed E-state index contributed by atoms with van der Waals surface area (Å²) in [7, 11) is 0.747. The Bertz CT molecular complexity index is 187. The number of rotatable bonds is 7. The summed E-state index contributed by atoms with van der Waals surface area (Å²) in [5.41, 5.74) is 0. The lowest BCUT2D eigenvalue weighted by atomic mass is 10.9. The second-order valence-corrected chi connectivity index (χ2v) is 6.12. The standard InChI is InChI=1S/C6H16O6P2/c1-6(12-13(8-2)9-3)14(7,10-4)11-5/h6H,1-5H3. The molecule has 0 aromatic rings. The molecule has 0 aromatic carbocycles. The zero-order chi connectivity index (χ0) is 11.2. The third kappa shape index (κ3) is 3.91. The van der Waals surface area contributed by atoms with Crippen LogP contribution in [0.5, 0.6) is 0 Å². The summed E-state index contributed by atoms with van der Waals surface area (Å²) in [5.74, 6) is -0.733. The van der Waals surface area contributed by atoms with E-state index in [-0.39, 0.29) is 0 Å². The molecule has 1 atom stereocenters. The first kappa shape index (κ1) is 14.5. The van der Waals surface area contributed by atoms with Crippen molar-refractivity contribution in [2.45, 2.75) is 12.8 Å². The van der Waals surface area contributed by atoms with Crippen molar-refractivity contribution in [2.24, 2.45) is 0 Å². The number of hydrogen-bond donors (Lipinski definition) is 0. The first-order valence-electron chi connectivity index (χ1n) is 3.80. The minimum Gasteiger partial charge on any atom is -0.316 e. The van der Waals surface area contributed by atoms with Crippen LogP contribution in [0.3, 0.4) is 0 Å². The highest BCUT2D eigenvalue weighted by Crippen LogP contribution is 2.56. The van der Waals surface area contributed by atoms with Crippen LogP contribution in [0, 0.1) is 0 Å². The maximum Gasteiger partial charge on any atom is 0.358 e. The third-order valence-electron chi connectivity index (χ3n) is 1.49. The van der Waals surface area contributed by atoms with Crippen LogP contribution < -0.4 is 0 Å². The molecule has 0 aromatic heterocycles. The van der Waals surface area contributed by atoms with Gasteiger partial charge in [0.15, 0.2) is 5.85 Å². The average molecular weight is 246 g/mol. The Hall–Kier alpha value is 0.460. The molecular weight excluding hydrogens is 230 g/mol. The molecule has 14 heavy (non-hydrogen) atoms. The summed E-state index contributed by atoms with van der Waals surface area (Å²) in [5, 5.41) is 0. The molecule has 0 N–H and O–H groups in total. The summed E-state index contributed by atoms with van der Waals surface area (Å²) in [4.78, 5) is 0. The molecule has 0 heterocycles. The molecule has 1 unspecified atom stereocenters. The van der Waals surface area contributed by atoms with Gasteiger partial charge < -0.3 is 18.1 Å². The lowest BCUT2D eigenvalue weighted by Crippen LogP contribution is -2.09. The summed E-state index contributed by atoms with van der Waals surface area (Å²) >= 11 is 0. The smallest absolute Gasteiger partial charge is 0.316 e. The fourth-order valence-corrected chi connectivity index (χ4v) is 2.72. The van der Waals surface area contributed by atoms with E-state index in [9.17, 15) is 4.57 Å². The van der Waals surface area contributed by atoms with Gasteiger partial charge in [-0.2, -0.15) is 0 Å². The van der Waals surface area contributed by atoms with E-state index >= 15 is 0 Å². The van der Waals surface area contributed by atoms with E-state index in [0.717, 1.165) is 0 Å². The first-order chi connectivity index (χ1) is 6.53. The van der Waals surface area contributed by atoms with Gasteiger partial charge in [-0.1, -0.05) is 0 Å². The van der Waals surface area contributed by atoms with E-state index in [0.29, 0.717) is 0 Å². The van der Waals surface area contributed by atoms with Crippen LogP contribution in [0.1, 0.15) is 6.92 Å². The van der Waals surface area contributed by atoms with Crippen molar-refractivity contribution < 1.29 is 27.2 Å². The van der Waals surface area contributed by atoms with Crippen LogP contribution in [-0.4, -0.2) is 34.3 Å². The zero-order valence-electron chi connectivity index (χ0n) is 8.92. The Kier molecular flexibility index (Phi) is 7.08. The van der Waals surface area contributed by atoms with Crippen molar-refractivity contribution in [3.63, 3.8) is 0 Å². The molecule has 0 radical (unpaired) electrons. The summed E-state index contributed by atoms with van der Waals surface area (Å²) in [6, 6.07) is 0. The molecule has 0 fully saturated rings. The Labute approximate surface area is 85.4 Å². The van der Waals surface area contributed by atoms with E-state index in [1.807, 2.05) is 0 Å². The SMILES string of the molecule is COP(OC)OC(C)P(=O)(OC)OC. The highest BCUT2D eigenvalue weighted by atomic mass is 31.2. The molecule has 0 spiro atoms. The van der Waals surface area contributed by atoms with Crippen molar-refractivity contribution in [3.8, 4) is 0 Å². The van der Waals surface area contributed by atoms with Crippen molar-refractivity contribution in [1.82, 2.24) is 0 Å². The third-order valence-corrected chi connectivity index (χ3v) is 4.76. The zero-order valence-corrected chi connectivity index (χ0v) is 10.7.